The topological polar surface area (TPSA) is 0 Å². The summed E-state index contributed by atoms with van der Waals surface area (Å²) in [5.41, 5.74) is 11.5. The van der Waals surface area contributed by atoms with Gasteiger partial charge in [0.05, 0.1) is 0 Å². The molecule has 0 heterocycles. The van der Waals surface area contributed by atoms with Gasteiger partial charge in [0.25, 0.3) is 0 Å². The van der Waals surface area contributed by atoms with E-state index in [-0.39, 0.29) is 5.41 Å². The van der Waals surface area contributed by atoms with Gasteiger partial charge in [-0.1, -0.05) is 91.0 Å². The molecule has 0 saturated heterocycles. The van der Waals surface area contributed by atoms with Gasteiger partial charge in [-0.15, -0.1) is 6.58 Å². The minimum Gasteiger partial charge on any atom is -0.103 e. The Balaban J connectivity index is 1.95. The van der Waals surface area contributed by atoms with Crippen LogP contribution in [0.5, 0.6) is 0 Å². The molecule has 0 N–H and O–H groups in total. The molecule has 0 heteroatoms. The molecule has 1 atom stereocenters. The quantitative estimate of drug-likeness (QED) is 0.397. The molecule has 0 saturated carbocycles. The van der Waals surface area contributed by atoms with Crippen LogP contribution in [0.15, 0.2) is 86.0 Å². The van der Waals surface area contributed by atoms with Crippen molar-refractivity contribution in [3.63, 3.8) is 0 Å². The Bertz CT molecular complexity index is 1130. The van der Waals surface area contributed by atoms with Gasteiger partial charge in [-0.05, 0) is 71.7 Å². The van der Waals surface area contributed by atoms with Crippen molar-refractivity contribution >= 4 is 11.6 Å². The summed E-state index contributed by atoms with van der Waals surface area (Å²) in [6.07, 6.45) is 7.30. The summed E-state index contributed by atoms with van der Waals surface area (Å²) in [5, 5.41) is 0. The zero-order valence-electron chi connectivity index (χ0n) is 17.6. The fourth-order valence-corrected chi connectivity index (χ4v) is 4.79. The van der Waals surface area contributed by atoms with E-state index >= 15 is 0 Å². The van der Waals surface area contributed by atoms with Crippen molar-refractivity contribution in [1.29, 1.82) is 0 Å². The summed E-state index contributed by atoms with van der Waals surface area (Å²) in [5.74, 6) is 0. The van der Waals surface area contributed by atoms with Crippen LogP contribution in [0, 0.1) is 13.8 Å². The highest BCUT2D eigenvalue weighted by Gasteiger charge is 2.38. The molecular weight excluding hydrogens is 348 g/mol. The predicted molar refractivity (Wildman–Crippen MR) is 127 cm³/mol. The third kappa shape index (κ3) is 3.09. The molecule has 0 nitrogen and oxygen atoms in total. The lowest BCUT2D eigenvalue weighted by atomic mass is 9.73. The normalized spacial score (nSPS) is 17.6. The van der Waals surface area contributed by atoms with Crippen molar-refractivity contribution in [1.82, 2.24) is 0 Å². The molecular formula is C29H28. The first-order valence-corrected chi connectivity index (χ1v) is 10.2. The lowest BCUT2D eigenvalue weighted by Crippen LogP contribution is -2.23. The Kier molecular flexibility index (Phi) is 4.88. The summed E-state index contributed by atoms with van der Waals surface area (Å²) in [7, 11) is 0. The lowest BCUT2D eigenvalue weighted by Gasteiger charge is -2.29. The fourth-order valence-electron chi connectivity index (χ4n) is 4.79. The van der Waals surface area contributed by atoms with E-state index in [0.29, 0.717) is 0 Å². The second-order valence-electron chi connectivity index (χ2n) is 8.16. The summed E-state index contributed by atoms with van der Waals surface area (Å²) < 4.78 is 0. The van der Waals surface area contributed by atoms with E-state index in [1.807, 2.05) is 6.08 Å². The van der Waals surface area contributed by atoms with Crippen LogP contribution in [-0.4, -0.2) is 0 Å². The molecule has 29 heavy (non-hydrogen) atoms. The largest absolute Gasteiger partial charge is 0.103 e. The maximum atomic E-state index is 4.08. The van der Waals surface area contributed by atoms with Crippen molar-refractivity contribution in [2.45, 2.75) is 32.6 Å². The zero-order chi connectivity index (χ0) is 20.6. The third-order valence-electron chi connectivity index (χ3n) is 6.24. The summed E-state index contributed by atoms with van der Waals surface area (Å²) in [6, 6.07) is 22.4. The Labute approximate surface area is 174 Å². The molecule has 144 valence electrons. The van der Waals surface area contributed by atoms with Gasteiger partial charge in [-0.25, -0.2) is 0 Å². The molecule has 1 unspecified atom stereocenters. The standard InChI is InChI=1S/C29H28/c1-6-17-29(25-15-11-20(3)12-16-25)19-22(5)28-26(9-8-10-27(28)29)24-14-13-23(7-2)21(4)18-24/h6-16,18-19H,1-2,17H2,3-5H3. The highest BCUT2D eigenvalue weighted by Crippen LogP contribution is 2.50. The molecule has 1 aliphatic rings. The number of hydrogen-bond acceptors (Lipinski definition) is 0. The first kappa shape index (κ1) is 19.2. The molecule has 0 aromatic heterocycles. The lowest BCUT2D eigenvalue weighted by molar-refractivity contribution is 0.666. The van der Waals surface area contributed by atoms with Crippen LogP contribution < -0.4 is 0 Å². The molecule has 3 aromatic carbocycles. The van der Waals surface area contributed by atoms with Gasteiger partial charge in [0.1, 0.15) is 0 Å². The van der Waals surface area contributed by atoms with Gasteiger partial charge in [-0.2, -0.15) is 0 Å². The van der Waals surface area contributed by atoms with Crippen LogP contribution in [-0.2, 0) is 5.41 Å². The van der Waals surface area contributed by atoms with Crippen LogP contribution >= 0.6 is 0 Å². The minimum atomic E-state index is -0.152. The van der Waals surface area contributed by atoms with Crippen LogP contribution in [0.25, 0.3) is 22.8 Å². The second-order valence-corrected chi connectivity index (χ2v) is 8.16. The number of aryl methyl sites for hydroxylation is 2. The average molecular weight is 377 g/mol. The van der Waals surface area contributed by atoms with E-state index in [1.165, 1.54) is 50.1 Å². The Morgan fingerprint density at radius 3 is 2.31 bits per heavy atom. The van der Waals surface area contributed by atoms with Crippen LogP contribution in [0.3, 0.4) is 0 Å². The van der Waals surface area contributed by atoms with E-state index in [0.717, 1.165) is 6.42 Å². The second kappa shape index (κ2) is 7.37. The SMILES string of the molecule is C=CCC1(c2ccc(C)cc2)C=C(C)c2c(-c3ccc(C=C)c(C)c3)cccc21. The van der Waals surface area contributed by atoms with E-state index < -0.39 is 0 Å². The van der Waals surface area contributed by atoms with Gasteiger partial charge in [0.2, 0.25) is 0 Å². The molecule has 0 spiro atoms. The third-order valence-corrected chi connectivity index (χ3v) is 6.24. The first-order valence-electron chi connectivity index (χ1n) is 10.2. The van der Waals surface area contributed by atoms with Gasteiger partial charge < -0.3 is 0 Å². The first-order chi connectivity index (χ1) is 14.0. The Morgan fingerprint density at radius 1 is 0.897 bits per heavy atom. The molecule has 3 aromatic rings. The van der Waals surface area contributed by atoms with Crippen LogP contribution in [0.1, 0.15) is 46.7 Å². The highest BCUT2D eigenvalue weighted by molar-refractivity contribution is 5.89. The summed E-state index contributed by atoms with van der Waals surface area (Å²) in [4.78, 5) is 0. The van der Waals surface area contributed by atoms with E-state index in [2.05, 4.69) is 107 Å². The molecule has 0 amide bonds. The molecule has 0 bridgehead atoms. The summed E-state index contributed by atoms with van der Waals surface area (Å²) >= 11 is 0. The highest BCUT2D eigenvalue weighted by atomic mass is 14.4. The van der Waals surface area contributed by atoms with Crippen molar-refractivity contribution < 1.29 is 0 Å². The maximum absolute atomic E-state index is 4.08. The molecule has 0 fully saturated rings. The minimum absolute atomic E-state index is 0.152. The predicted octanol–water partition coefficient (Wildman–Crippen LogP) is 7.89. The van der Waals surface area contributed by atoms with E-state index in [1.54, 1.807) is 0 Å². The van der Waals surface area contributed by atoms with Gasteiger partial charge in [0, 0.05) is 5.41 Å². The molecule has 0 radical (unpaired) electrons. The smallest absolute Gasteiger partial charge is 0.0428 e. The average Bonchev–Trinajstić information content (AvgIpc) is 3.01. The number of benzene rings is 3. The number of rotatable bonds is 5. The van der Waals surface area contributed by atoms with Gasteiger partial charge >= 0.3 is 0 Å². The van der Waals surface area contributed by atoms with Crippen LogP contribution in [0.2, 0.25) is 0 Å². The molecule has 0 aliphatic heterocycles. The number of hydrogen-bond donors (Lipinski definition) is 0. The van der Waals surface area contributed by atoms with Crippen molar-refractivity contribution in [2.24, 2.45) is 0 Å². The maximum Gasteiger partial charge on any atom is 0.0428 e. The van der Waals surface area contributed by atoms with Crippen molar-refractivity contribution in [3.8, 4) is 11.1 Å². The number of allylic oxidation sites excluding steroid dienone is 3. The van der Waals surface area contributed by atoms with Crippen molar-refractivity contribution in [2.75, 3.05) is 0 Å². The monoisotopic (exact) mass is 376 g/mol. The van der Waals surface area contributed by atoms with Gasteiger partial charge in [-0.3, -0.25) is 0 Å². The zero-order valence-corrected chi connectivity index (χ0v) is 17.6. The van der Waals surface area contributed by atoms with Crippen LogP contribution in [0.4, 0.5) is 0 Å². The van der Waals surface area contributed by atoms with E-state index in [4.69, 9.17) is 0 Å². The molecule has 1 aliphatic carbocycles. The summed E-state index contributed by atoms with van der Waals surface area (Å²) in [6.45, 7) is 14.5. The van der Waals surface area contributed by atoms with Gasteiger partial charge in [0.15, 0.2) is 0 Å². The van der Waals surface area contributed by atoms with Crippen molar-refractivity contribution in [3.05, 3.63) is 119 Å². The molecule has 4 rings (SSSR count). The fraction of sp³-hybridized carbons (Fsp3) is 0.172. The Hall–Kier alpha value is -3.12. The van der Waals surface area contributed by atoms with E-state index in [9.17, 15) is 0 Å². The number of fused-ring (bicyclic) bond motifs is 1. The Morgan fingerprint density at radius 2 is 1.66 bits per heavy atom.